The van der Waals surface area contributed by atoms with Crippen LogP contribution in [0.1, 0.15) is 18.9 Å². The molecule has 0 fully saturated rings. The van der Waals surface area contributed by atoms with Gasteiger partial charge in [-0.2, -0.15) is 0 Å². The van der Waals surface area contributed by atoms with Gasteiger partial charge in [-0.15, -0.1) is 0 Å². The first-order chi connectivity index (χ1) is 8.52. The van der Waals surface area contributed by atoms with Gasteiger partial charge in [0, 0.05) is 12.5 Å². The second-order valence-electron chi connectivity index (χ2n) is 4.04. The van der Waals surface area contributed by atoms with Crippen molar-refractivity contribution in [2.24, 2.45) is 5.16 Å². The van der Waals surface area contributed by atoms with E-state index in [1.54, 1.807) is 13.2 Å². The van der Waals surface area contributed by atoms with Gasteiger partial charge < -0.3 is 19.4 Å². The number of methoxy groups -OCH3 is 1. The normalized spacial score (nSPS) is 22.0. The standard InChI is InChI=1S/C12H13NO5/c1-12(17-11(14)15)7-10(13-18-12)8-4-3-5-9(6-8)16-2/h3-6H,7H2,1-2H3,(H,14,15). The highest BCUT2D eigenvalue weighted by Crippen LogP contribution is 2.28. The van der Waals surface area contributed by atoms with Crippen molar-refractivity contribution in [3.63, 3.8) is 0 Å². The van der Waals surface area contributed by atoms with Gasteiger partial charge in [0.2, 0.25) is 0 Å². The molecule has 1 heterocycles. The van der Waals surface area contributed by atoms with Gasteiger partial charge in [0.25, 0.3) is 5.79 Å². The molecular weight excluding hydrogens is 238 g/mol. The molecule has 1 aromatic carbocycles. The quantitative estimate of drug-likeness (QED) is 0.833. The topological polar surface area (TPSA) is 77.3 Å². The highest BCUT2D eigenvalue weighted by atomic mass is 16.8. The second kappa shape index (κ2) is 4.56. The largest absolute Gasteiger partial charge is 0.509 e. The van der Waals surface area contributed by atoms with Gasteiger partial charge in [0.1, 0.15) is 5.75 Å². The summed E-state index contributed by atoms with van der Waals surface area (Å²) in [6, 6.07) is 7.28. The minimum atomic E-state index is -1.39. The first-order valence-corrected chi connectivity index (χ1v) is 5.34. The highest BCUT2D eigenvalue weighted by Gasteiger charge is 2.38. The first kappa shape index (κ1) is 12.2. The van der Waals surface area contributed by atoms with Crippen molar-refractivity contribution in [1.82, 2.24) is 0 Å². The fraction of sp³-hybridized carbons (Fsp3) is 0.333. The lowest BCUT2D eigenvalue weighted by Crippen LogP contribution is -2.31. The van der Waals surface area contributed by atoms with Gasteiger partial charge >= 0.3 is 6.16 Å². The number of benzene rings is 1. The van der Waals surface area contributed by atoms with E-state index in [1.165, 1.54) is 6.92 Å². The van der Waals surface area contributed by atoms with Crippen molar-refractivity contribution < 1.29 is 24.2 Å². The number of hydrogen-bond donors (Lipinski definition) is 1. The summed E-state index contributed by atoms with van der Waals surface area (Å²) in [4.78, 5) is 15.6. The van der Waals surface area contributed by atoms with Gasteiger partial charge in [-0.25, -0.2) is 4.79 Å². The zero-order valence-electron chi connectivity index (χ0n) is 10.0. The summed E-state index contributed by atoms with van der Waals surface area (Å²) < 4.78 is 9.77. The third-order valence-electron chi connectivity index (χ3n) is 2.54. The minimum Gasteiger partial charge on any atom is -0.497 e. The molecule has 1 aromatic rings. The molecule has 0 aromatic heterocycles. The molecule has 2 rings (SSSR count). The minimum absolute atomic E-state index is 0.256. The van der Waals surface area contributed by atoms with Crippen molar-refractivity contribution in [3.05, 3.63) is 29.8 Å². The maximum Gasteiger partial charge on any atom is 0.509 e. The van der Waals surface area contributed by atoms with Crippen LogP contribution in [0.5, 0.6) is 5.75 Å². The molecule has 0 bridgehead atoms. The third kappa shape index (κ3) is 2.53. The SMILES string of the molecule is COc1cccc(C2=NOC(C)(OC(=O)O)C2)c1. The Hall–Kier alpha value is -2.24. The van der Waals surface area contributed by atoms with Crippen LogP contribution in [0.25, 0.3) is 0 Å². The van der Waals surface area contributed by atoms with Crippen LogP contribution in [0, 0.1) is 0 Å². The Balaban J connectivity index is 2.14. The smallest absolute Gasteiger partial charge is 0.497 e. The first-order valence-electron chi connectivity index (χ1n) is 5.34. The van der Waals surface area contributed by atoms with Crippen LogP contribution < -0.4 is 4.74 Å². The molecule has 0 saturated heterocycles. The molecule has 1 aliphatic rings. The van der Waals surface area contributed by atoms with Gasteiger partial charge in [0.05, 0.1) is 19.2 Å². The molecule has 0 saturated carbocycles. The van der Waals surface area contributed by atoms with Gasteiger partial charge in [-0.3, -0.25) is 0 Å². The maximum absolute atomic E-state index is 10.5. The van der Waals surface area contributed by atoms with Crippen LogP contribution in [0.2, 0.25) is 0 Å². The molecule has 0 spiro atoms. The predicted octanol–water partition coefficient (Wildman–Crippen LogP) is 2.23. The molecule has 6 nitrogen and oxygen atoms in total. The Labute approximate surface area is 104 Å². The van der Waals surface area contributed by atoms with E-state index in [1.807, 2.05) is 18.2 Å². The average molecular weight is 251 g/mol. The van der Waals surface area contributed by atoms with E-state index in [4.69, 9.17) is 14.7 Å². The predicted molar refractivity (Wildman–Crippen MR) is 62.7 cm³/mol. The Morgan fingerprint density at radius 1 is 1.56 bits per heavy atom. The second-order valence-corrected chi connectivity index (χ2v) is 4.04. The summed E-state index contributed by atoms with van der Waals surface area (Å²) in [5, 5.41) is 12.5. The molecule has 18 heavy (non-hydrogen) atoms. The van der Waals surface area contributed by atoms with E-state index < -0.39 is 11.9 Å². The molecule has 96 valence electrons. The average Bonchev–Trinajstić information content (AvgIpc) is 2.70. The van der Waals surface area contributed by atoms with Crippen molar-refractivity contribution in [2.45, 2.75) is 19.1 Å². The van der Waals surface area contributed by atoms with E-state index in [9.17, 15) is 4.79 Å². The Morgan fingerprint density at radius 2 is 2.33 bits per heavy atom. The molecule has 1 unspecified atom stereocenters. The van der Waals surface area contributed by atoms with Crippen LogP contribution in [0.3, 0.4) is 0 Å². The summed E-state index contributed by atoms with van der Waals surface area (Å²) in [5.74, 6) is -0.562. The molecular formula is C12H13NO5. The fourth-order valence-corrected chi connectivity index (χ4v) is 1.72. The van der Waals surface area contributed by atoms with Crippen LogP contribution in [-0.2, 0) is 9.57 Å². The van der Waals surface area contributed by atoms with Crippen molar-refractivity contribution in [2.75, 3.05) is 7.11 Å². The molecule has 0 radical (unpaired) electrons. The number of carbonyl (C=O) groups is 1. The summed E-state index contributed by atoms with van der Waals surface area (Å²) in [5.41, 5.74) is 1.43. The van der Waals surface area contributed by atoms with Crippen LogP contribution in [-0.4, -0.2) is 29.9 Å². The van der Waals surface area contributed by atoms with E-state index in [0.717, 1.165) is 5.56 Å². The van der Waals surface area contributed by atoms with Crippen molar-refractivity contribution in [1.29, 1.82) is 0 Å². The summed E-state index contributed by atoms with van der Waals surface area (Å²) in [7, 11) is 1.57. The lowest BCUT2D eigenvalue weighted by Gasteiger charge is -2.19. The fourth-order valence-electron chi connectivity index (χ4n) is 1.72. The molecule has 6 heteroatoms. The Bertz CT molecular complexity index is 499. The molecule has 0 aliphatic carbocycles. The lowest BCUT2D eigenvalue weighted by atomic mass is 10.0. The molecule has 0 amide bonds. The number of ether oxygens (including phenoxy) is 2. The monoisotopic (exact) mass is 251 g/mol. The van der Waals surface area contributed by atoms with E-state index in [-0.39, 0.29) is 6.42 Å². The molecule has 1 aliphatic heterocycles. The van der Waals surface area contributed by atoms with E-state index in [2.05, 4.69) is 9.89 Å². The number of rotatable bonds is 3. The van der Waals surface area contributed by atoms with Gasteiger partial charge in [-0.05, 0) is 12.1 Å². The maximum atomic E-state index is 10.5. The van der Waals surface area contributed by atoms with Crippen LogP contribution in [0.15, 0.2) is 29.4 Å². The molecule has 1 atom stereocenters. The highest BCUT2D eigenvalue weighted by molar-refractivity contribution is 6.01. The van der Waals surface area contributed by atoms with Crippen molar-refractivity contribution >= 4 is 11.9 Å². The van der Waals surface area contributed by atoms with Gasteiger partial charge in [-0.1, -0.05) is 17.3 Å². The summed E-state index contributed by atoms with van der Waals surface area (Å²) in [6.07, 6.45) is -1.13. The van der Waals surface area contributed by atoms with Crippen LogP contribution in [0.4, 0.5) is 4.79 Å². The number of carboxylic acid groups (broad SMARTS) is 1. The number of nitrogens with zero attached hydrogens (tertiary/aromatic N) is 1. The zero-order chi connectivity index (χ0) is 13.2. The lowest BCUT2D eigenvalue weighted by molar-refractivity contribution is -0.180. The van der Waals surface area contributed by atoms with E-state index in [0.29, 0.717) is 11.5 Å². The zero-order valence-corrected chi connectivity index (χ0v) is 10.0. The summed E-state index contributed by atoms with van der Waals surface area (Å²) in [6.45, 7) is 1.53. The molecule has 1 N–H and O–H groups in total. The van der Waals surface area contributed by atoms with Crippen LogP contribution >= 0.6 is 0 Å². The summed E-state index contributed by atoms with van der Waals surface area (Å²) >= 11 is 0. The van der Waals surface area contributed by atoms with Gasteiger partial charge in [0.15, 0.2) is 0 Å². The Morgan fingerprint density at radius 3 is 3.00 bits per heavy atom. The third-order valence-corrected chi connectivity index (χ3v) is 2.54. The van der Waals surface area contributed by atoms with Crippen molar-refractivity contribution in [3.8, 4) is 5.75 Å². The Kier molecular flexibility index (Phi) is 3.10. The van der Waals surface area contributed by atoms with E-state index >= 15 is 0 Å². The number of hydrogen-bond acceptors (Lipinski definition) is 5. The number of oxime groups is 1.